The summed E-state index contributed by atoms with van der Waals surface area (Å²) in [5.74, 6) is 0.485. The van der Waals surface area contributed by atoms with Crippen LogP contribution in [-0.2, 0) is 0 Å². The Morgan fingerprint density at radius 3 is 2.59 bits per heavy atom. The Morgan fingerprint density at radius 2 is 1.83 bits per heavy atom. The van der Waals surface area contributed by atoms with Crippen molar-refractivity contribution in [2.45, 2.75) is 45.6 Å². The van der Waals surface area contributed by atoms with Crippen LogP contribution in [0.3, 0.4) is 0 Å². The summed E-state index contributed by atoms with van der Waals surface area (Å²) < 4.78 is 3.58. The second-order valence-corrected chi connectivity index (χ2v) is 8.43. The number of benzene rings is 1. The molecule has 7 heteroatoms. The summed E-state index contributed by atoms with van der Waals surface area (Å²) in [6.45, 7) is 4.17. The topological polar surface area (TPSA) is 65.1 Å². The van der Waals surface area contributed by atoms with E-state index in [0.717, 1.165) is 36.1 Å². The first-order chi connectivity index (χ1) is 14.0. The zero-order valence-corrected chi connectivity index (χ0v) is 17.2. The molecule has 3 aromatic heterocycles. The van der Waals surface area contributed by atoms with Crippen molar-refractivity contribution >= 4 is 28.3 Å². The number of nitrogens with zero attached hydrogens (tertiary/aromatic N) is 5. The van der Waals surface area contributed by atoms with Gasteiger partial charge in [-0.3, -0.25) is 4.79 Å². The van der Waals surface area contributed by atoms with Crippen LogP contribution in [0, 0.1) is 12.8 Å². The molecule has 0 spiro atoms. The average molecular weight is 408 g/mol. The second-order valence-electron chi connectivity index (χ2n) is 7.99. The second kappa shape index (κ2) is 6.95. The van der Waals surface area contributed by atoms with E-state index in [1.165, 1.54) is 6.42 Å². The number of aryl methyl sites for hydroxylation is 1. The van der Waals surface area contributed by atoms with E-state index in [9.17, 15) is 4.79 Å². The number of fused-ring (bicyclic) bond motifs is 3. The normalized spacial score (nSPS) is 19.8. The summed E-state index contributed by atoms with van der Waals surface area (Å²) in [5.41, 5.74) is 4.31. The summed E-state index contributed by atoms with van der Waals surface area (Å²) in [4.78, 5) is 13.2. The molecule has 0 saturated heterocycles. The van der Waals surface area contributed by atoms with Gasteiger partial charge in [-0.1, -0.05) is 43.5 Å². The Kier molecular flexibility index (Phi) is 4.39. The fourth-order valence-electron chi connectivity index (χ4n) is 4.59. The third-order valence-corrected chi connectivity index (χ3v) is 6.39. The number of hydrogen-bond acceptors (Lipinski definition) is 4. The molecular formula is C22H22ClN5O. The number of halogens is 1. The van der Waals surface area contributed by atoms with E-state index in [-0.39, 0.29) is 11.6 Å². The molecule has 29 heavy (non-hydrogen) atoms. The van der Waals surface area contributed by atoms with E-state index in [0.29, 0.717) is 27.6 Å². The lowest BCUT2D eigenvalue weighted by Gasteiger charge is -2.30. The van der Waals surface area contributed by atoms with Crippen LogP contribution in [0.1, 0.15) is 44.3 Å². The minimum absolute atomic E-state index is 0.0863. The molecule has 1 aromatic carbocycles. The quantitative estimate of drug-likeness (QED) is 0.478. The molecule has 5 rings (SSSR count). The summed E-state index contributed by atoms with van der Waals surface area (Å²) in [6, 6.07) is 9.75. The average Bonchev–Trinajstić information content (AvgIpc) is 3.06. The standard InChI is InChI=1S/C22H22ClN5O/c1-13-5-3-4-6-17(13)27-12-11-18-20(22(27)29)24-25-21-19(14(2)26-28(18)21)15-7-9-16(23)10-8-15/h7-13,17H,3-6H2,1-2H3/t13-,17+/m1/s1. The number of pyridine rings is 1. The van der Waals surface area contributed by atoms with Crippen LogP contribution in [0.4, 0.5) is 0 Å². The molecule has 1 fully saturated rings. The van der Waals surface area contributed by atoms with Crippen molar-refractivity contribution in [2.75, 3.05) is 0 Å². The highest BCUT2D eigenvalue weighted by molar-refractivity contribution is 6.30. The lowest BCUT2D eigenvalue weighted by Crippen LogP contribution is -2.31. The van der Waals surface area contributed by atoms with E-state index < -0.39 is 0 Å². The molecule has 3 heterocycles. The van der Waals surface area contributed by atoms with Crippen LogP contribution in [0.2, 0.25) is 5.02 Å². The molecule has 0 N–H and O–H groups in total. The Balaban J connectivity index is 1.70. The summed E-state index contributed by atoms with van der Waals surface area (Å²) in [5, 5.41) is 14.1. The minimum Gasteiger partial charge on any atom is -0.310 e. The van der Waals surface area contributed by atoms with Crippen molar-refractivity contribution < 1.29 is 0 Å². The molecule has 0 aliphatic heterocycles. The molecule has 1 saturated carbocycles. The van der Waals surface area contributed by atoms with Crippen molar-refractivity contribution in [3.63, 3.8) is 0 Å². The Bertz CT molecular complexity index is 1270. The Morgan fingerprint density at radius 1 is 1.07 bits per heavy atom. The van der Waals surface area contributed by atoms with Gasteiger partial charge in [0.2, 0.25) is 0 Å². The minimum atomic E-state index is -0.0863. The monoisotopic (exact) mass is 407 g/mol. The van der Waals surface area contributed by atoms with E-state index in [1.807, 2.05) is 48.0 Å². The van der Waals surface area contributed by atoms with Gasteiger partial charge in [-0.05, 0) is 49.4 Å². The zero-order valence-electron chi connectivity index (χ0n) is 16.5. The molecule has 0 radical (unpaired) electrons. The molecule has 0 bridgehead atoms. The smallest absolute Gasteiger partial charge is 0.280 e. The molecule has 2 atom stereocenters. The first-order valence-electron chi connectivity index (χ1n) is 10.1. The highest BCUT2D eigenvalue weighted by atomic mass is 35.5. The van der Waals surface area contributed by atoms with Crippen molar-refractivity contribution in [2.24, 2.45) is 5.92 Å². The maximum Gasteiger partial charge on any atom is 0.280 e. The molecule has 6 nitrogen and oxygen atoms in total. The van der Waals surface area contributed by atoms with Crippen molar-refractivity contribution in [1.29, 1.82) is 0 Å². The van der Waals surface area contributed by atoms with Gasteiger partial charge in [-0.15, -0.1) is 10.2 Å². The van der Waals surface area contributed by atoms with Gasteiger partial charge in [0.25, 0.3) is 5.56 Å². The van der Waals surface area contributed by atoms with E-state index >= 15 is 0 Å². The van der Waals surface area contributed by atoms with Gasteiger partial charge in [-0.25, -0.2) is 4.52 Å². The molecule has 4 aromatic rings. The lowest BCUT2D eigenvalue weighted by atomic mass is 9.85. The molecule has 1 aliphatic rings. The Labute approximate surface area is 173 Å². The van der Waals surface area contributed by atoms with Crippen LogP contribution in [0.15, 0.2) is 41.3 Å². The molecule has 0 unspecified atom stereocenters. The van der Waals surface area contributed by atoms with Gasteiger partial charge < -0.3 is 4.57 Å². The van der Waals surface area contributed by atoms with Gasteiger partial charge in [0, 0.05) is 17.3 Å². The Hall–Kier alpha value is -2.73. The van der Waals surface area contributed by atoms with Crippen LogP contribution in [0.25, 0.3) is 27.8 Å². The largest absolute Gasteiger partial charge is 0.310 e. The number of aromatic nitrogens is 5. The molecule has 1 aliphatic carbocycles. The molecule has 0 amide bonds. The zero-order chi connectivity index (χ0) is 20.1. The van der Waals surface area contributed by atoms with E-state index in [1.54, 1.807) is 4.52 Å². The summed E-state index contributed by atoms with van der Waals surface area (Å²) in [7, 11) is 0. The summed E-state index contributed by atoms with van der Waals surface area (Å²) >= 11 is 6.03. The fraction of sp³-hybridized carbons (Fsp3) is 0.364. The predicted molar refractivity (Wildman–Crippen MR) is 114 cm³/mol. The van der Waals surface area contributed by atoms with Crippen molar-refractivity contribution in [3.8, 4) is 11.1 Å². The van der Waals surface area contributed by atoms with Crippen LogP contribution < -0.4 is 5.56 Å². The first kappa shape index (κ1) is 18.3. The van der Waals surface area contributed by atoms with Crippen LogP contribution >= 0.6 is 11.6 Å². The first-order valence-corrected chi connectivity index (χ1v) is 10.4. The maximum atomic E-state index is 13.2. The maximum absolute atomic E-state index is 13.2. The van der Waals surface area contributed by atoms with E-state index in [4.69, 9.17) is 11.6 Å². The SMILES string of the molecule is Cc1nn2c(nnc3c(=O)n([C@H]4CCCC[C@H]4C)ccc32)c1-c1ccc(Cl)cc1. The van der Waals surface area contributed by atoms with E-state index in [2.05, 4.69) is 22.2 Å². The van der Waals surface area contributed by atoms with Crippen molar-refractivity contribution in [3.05, 3.63) is 57.6 Å². The van der Waals surface area contributed by atoms with Crippen LogP contribution in [0.5, 0.6) is 0 Å². The van der Waals surface area contributed by atoms with Gasteiger partial charge in [0.1, 0.15) is 5.52 Å². The van der Waals surface area contributed by atoms with Gasteiger partial charge in [-0.2, -0.15) is 5.10 Å². The third-order valence-electron chi connectivity index (χ3n) is 6.14. The molecular weight excluding hydrogens is 386 g/mol. The molecule has 148 valence electrons. The third kappa shape index (κ3) is 2.94. The van der Waals surface area contributed by atoms with Crippen LogP contribution in [-0.4, -0.2) is 24.4 Å². The van der Waals surface area contributed by atoms with Gasteiger partial charge >= 0.3 is 0 Å². The number of hydrogen-bond donors (Lipinski definition) is 0. The van der Waals surface area contributed by atoms with Gasteiger partial charge in [0.15, 0.2) is 11.2 Å². The predicted octanol–water partition coefficient (Wildman–Crippen LogP) is 4.82. The van der Waals surface area contributed by atoms with Gasteiger partial charge in [0.05, 0.1) is 11.3 Å². The highest BCUT2D eigenvalue weighted by Gasteiger charge is 2.25. The highest BCUT2D eigenvalue weighted by Crippen LogP contribution is 2.33. The fourth-order valence-corrected chi connectivity index (χ4v) is 4.72. The summed E-state index contributed by atoms with van der Waals surface area (Å²) in [6.07, 6.45) is 6.48. The number of rotatable bonds is 2. The lowest BCUT2D eigenvalue weighted by molar-refractivity contribution is 0.253. The van der Waals surface area contributed by atoms with Crippen molar-refractivity contribution in [1.82, 2.24) is 24.4 Å².